The number of imidazole rings is 1. The van der Waals surface area contributed by atoms with E-state index in [1.807, 2.05) is 14.0 Å². The summed E-state index contributed by atoms with van der Waals surface area (Å²) in [5, 5.41) is 7.51. The van der Waals surface area contributed by atoms with Gasteiger partial charge in [-0.3, -0.25) is 15.1 Å². The van der Waals surface area contributed by atoms with Crippen molar-refractivity contribution in [3.05, 3.63) is 47.8 Å². The molecular weight excluding hydrogens is 492 g/mol. The molecule has 5 heterocycles. The van der Waals surface area contributed by atoms with Crippen molar-refractivity contribution in [1.29, 1.82) is 0 Å². The summed E-state index contributed by atoms with van der Waals surface area (Å²) in [6.07, 6.45) is 3.62. The van der Waals surface area contributed by atoms with Crippen LogP contribution in [-0.4, -0.2) is 75.0 Å². The predicted octanol–water partition coefficient (Wildman–Crippen LogP) is 3.95. The first-order chi connectivity index (χ1) is 18.9. The van der Waals surface area contributed by atoms with E-state index >= 15 is 0 Å². The zero-order chi connectivity index (χ0) is 27.1. The number of anilines is 2. The van der Waals surface area contributed by atoms with Gasteiger partial charge in [-0.15, -0.1) is 0 Å². The number of fused-ring (bicyclic) bond motifs is 7. The number of aromatic nitrogens is 5. The third-order valence-corrected chi connectivity index (χ3v) is 7.78. The van der Waals surface area contributed by atoms with Crippen LogP contribution in [0.25, 0.3) is 22.3 Å². The lowest BCUT2D eigenvalue weighted by atomic mass is 10.1. The van der Waals surface area contributed by atoms with E-state index < -0.39 is 0 Å². The minimum absolute atomic E-state index is 0.216. The number of aryl methyl sites for hydroxylation is 2. The molecular formula is C29H36N8O2. The minimum atomic E-state index is -0.216. The topological polar surface area (TPSA) is 93.3 Å². The van der Waals surface area contributed by atoms with E-state index in [-0.39, 0.29) is 5.91 Å². The third kappa shape index (κ3) is 5.08. The SMILES string of the molecule is Cc1cc2cc(n1)-c1cnn(C)c1OCCC[C@@H](C)Cn1c(nc3ccc(N4CCN(C)CC4)cc31)NC2=O. The predicted molar refractivity (Wildman–Crippen MR) is 152 cm³/mol. The average Bonchev–Trinajstić information content (AvgIpc) is 3.45. The molecule has 39 heavy (non-hydrogen) atoms. The van der Waals surface area contributed by atoms with Crippen molar-refractivity contribution in [3.8, 4) is 17.1 Å². The van der Waals surface area contributed by atoms with Gasteiger partial charge in [0, 0.05) is 56.7 Å². The molecule has 0 unspecified atom stereocenters. The van der Waals surface area contributed by atoms with Crippen molar-refractivity contribution < 1.29 is 9.53 Å². The zero-order valence-electron chi connectivity index (χ0n) is 23.1. The fourth-order valence-electron chi connectivity index (χ4n) is 5.54. The molecule has 204 valence electrons. The quantitative estimate of drug-likeness (QED) is 0.400. The van der Waals surface area contributed by atoms with Gasteiger partial charge < -0.3 is 19.1 Å². The van der Waals surface area contributed by atoms with Gasteiger partial charge in [-0.25, -0.2) is 9.67 Å². The Labute approximate surface area is 228 Å². The Morgan fingerprint density at radius 3 is 2.69 bits per heavy atom. The normalized spacial score (nSPS) is 19.0. The smallest absolute Gasteiger partial charge is 0.258 e. The van der Waals surface area contributed by atoms with Crippen LogP contribution in [0.5, 0.6) is 5.88 Å². The molecule has 10 nitrogen and oxygen atoms in total. The van der Waals surface area contributed by atoms with Crippen molar-refractivity contribution in [3.63, 3.8) is 0 Å². The maximum atomic E-state index is 13.6. The number of hydrogen-bond donors (Lipinski definition) is 1. The second-order valence-electron chi connectivity index (χ2n) is 10.9. The third-order valence-electron chi connectivity index (χ3n) is 7.78. The van der Waals surface area contributed by atoms with Gasteiger partial charge in [0.25, 0.3) is 5.91 Å². The molecule has 1 N–H and O–H groups in total. The molecule has 3 aromatic heterocycles. The lowest BCUT2D eigenvalue weighted by Gasteiger charge is -2.34. The van der Waals surface area contributed by atoms with Crippen LogP contribution in [0.15, 0.2) is 36.5 Å². The van der Waals surface area contributed by atoms with Crippen LogP contribution in [0.1, 0.15) is 35.8 Å². The van der Waals surface area contributed by atoms with Crippen molar-refractivity contribution in [2.75, 3.05) is 50.1 Å². The molecule has 0 radical (unpaired) electrons. The Kier molecular flexibility index (Phi) is 6.72. The highest BCUT2D eigenvalue weighted by molar-refractivity contribution is 6.05. The summed E-state index contributed by atoms with van der Waals surface area (Å²) in [7, 11) is 4.03. The van der Waals surface area contributed by atoms with Gasteiger partial charge in [-0.05, 0) is 63.1 Å². The van der Waals surface area contributed by atoms with Gasteiger partial charge in [0.15, 0.2) is 0 Å². The summed E-state index contributed by atoms with van der Waals surface area (Å²) in [6.45, 7) is 9.55. The molecule has 1 fully saturated rings. The first kappa shape index (κ1) is 25.4. The Bertz CT molecular complexity index is 1520. The van der Waals surface area contributed by atoms with E-state index in [4.69, 9.17) is 9.72 Å². The van der Waals surface area contributed by atoms with Crippen molar-refractivity contribution in [2.45, 2.75) is 33.2 Å². The van der Waals surface area contributed by atoms with Crippen LogP contribution in [0.3, 0.4) is 0 Å². The van der Waals surface area contributed by atoms with E-state index in [2.05, 4.69) is 61.9 Å². The number of piperazine rings is 1. The number of rotatable bonds is 1. The Hall–Kier alpha value is -3.92. The minimum Gasteiger partial charge on any atom is -0.477 e. The highest BCUT2D eigenvalue weighted by Gasteiger charge is 2.22. The number of likely N-dealkylation sites (N-methyl/N-ethyl adjacent to an activating group) is 1. The summed E-state index contributed by atoms with van der Waals surface area (Å²) in [6, 6.07) is 10.0. The fourth-order valence-corrected chi connectivity index (χ4v) is 5.54. The Morgan fingerprint density at radius 2 is 1.87 bits per heavy atom. The highest BCUT2D eigenvalue weighted by Crippen LogP contribution is 2.31. The summed E-state index contributed by atoms with van der Waals surface area (Å²) in [5.41, 5.74) is 5.83. The number of carbonyl (C=O) groups is 1. The van der Waals surface area contributed by atoms with Crippen molar-refractivity contribution >= 4 is 28.6 Å². The first-order valence-electron chi connectivity index (χ1n) is 13.7. The number of ether oxygens (including phenoxy) is 1. The molecule has 0 spiro atoms. The molecule has 2 aliphatic rings. The summed E-state index contributed by atoms with van der Waals surface area (Å²) in [4.78, 5) is 27.9. The van der Waals surface area contributed by atoms with Gasteiger partial charge in [0.1, 0.15) is 0 Å². The molecule has 10 heteroatoms. The van der Waals surface area contributed by atoms with Gasteiger partial charge >= 0.3 is 0 Å². The highest BCUT2D eigenvalue weighted by atomic mass is 16.5. The first-order valence-corrected chi connectivity index (χ1v) is 13.7. The Morgan fingerprint density at radius 1 is 1.05 bits per heavy atom. The maximum Gasteiger partial charge on any atom is 0.258 e. The van der Waals surface area contributed by atoms with Crippen LogP contribution < -0.4 is 15.0 Å². The molecule has 6 rings (SSSR count). The van der Waals surface area contributed by atoms with Crippen LogP contribution in [-0.2, 0) is 13.6 Å². The molecule has 1 aromatic carbocycles. The molecule has 2 aliphatic heterocycles. The van der Waals surface area contributed by atoms with E-state index in [1.165, 1.54) is 5.69 Å². The van der Waals surface area contributed by atoms with Crippen LogP contribution in [0.2, 0.25) is 0 Å². The van der Waals surface area contributed by atoms with E-state index in [0.717, 1.165) is 67.9 Å². The van der Waals surface area contributed by atoms with Crippen LogP contribution in [0.4, 0.5) is 11.6 Å². The lowest BCUT2D eigenvalue weighted by Crippen LogP contribution is -2.44. The average molecular weight is 529 g/mol. The second kappa shape index (κ2) is 10.3. The van der Waals surface area contributed by atoms with E-state index in [0.29, 0.717) is 35.6 Å². The van der Waals surface area contributed by atoms with Crippen LogP contribution in [0, 0.1) is 12.8 Å². The largest absolute Gasteiger partial charge is 0.477 e. The molecule has 1 saturated heterocycles. The molecule has 4 aromatic rings. The maximum absolute atomic E-state index is 13.6. The van der Waals surface area contributed by atoms with Gasteiger partial charge in [0.05, 0.1) is 35.1 Å². The van der Waals surface area contributed by atoms with Gasteiger partial charge in [-0.1, -0.05) is 6.92 Å². The zero-order valence-corrected chi connectivity index (χ0v) is 23.1. The van der Waals surface area contributed by atoms with Gasteiger partial charge in [-0.2, -0.15) is 5.10 Å². The Balaban J connectivity index is 1.40. The number of pyridine rings is 1. The molecule has 2 bridgehead atoms. The number of nitrogens with one attached hydrogen (secondary N) is 1. The second-order valence-corrected chi connectivity index (χ2v) is 10.9. The number of benzene rings is 1. The summed E-state index contributed by atoms with van der Waals surface area (Å²) >= 11 is 0. The summed E-state index contributed by atoms with van der Waals surface area (Å²) in [5.74, 6) is 1.38. The number of hydrogen-bond acceptors (Lipinski definition) is 7. The molecule has 1 atom stereocenters. The number of amides is 1. The number of nitrogens with zero attached hydrogens (tertiary/aromatic N) is 7. The standard InChI is InChI=1S/C29H36N8O2/c1-19-6-5-13-39-28-23(17-30-35(28)4)25-15-21(14-20(2)31-25)27(38)33-29-32-24-8-7-22(16-26(24)37(29)18-19)36-11-9-34(3)10-12-36/h7-8,14-17,19H,5-6,9-13,18H2,1-4H3,(H,32,33,38)/t19-/m1/s1. The van der Waals surface area contributed by atoms with E-state index in [1.54, 1.807) is 23.0 Å². The molecule has 0 saturated carbocycles. The summed E-state index contributed by atoms with van der Waals surface area (Å²) < 4.78 is 10.1. The van der Waals surface area contributed by atoms with Crippen molar-refractivity contribution in [2.24, 2.45) is 13.0 Å². The molecule has 1 amide bonds. The molecule has 0 aliphatic carbocycles. The lowest BCUT2D eigenvalue weighted by molar-refractivity contribution is 0.102. The van der Waals surface area contributed by atoms with Crippen LogP contribution >= 0.6 is 0 Å². The van der Waals surface area contributed by atoms with Gasteiger partial charge in [0.2, 0.25) is 11.8 Å². The monoisotopic (exact) mass is 528 g/mol. The van der Waals surface area contributed by atoms with Crippen molar-refractivity contribution in [1.82, 2.24) is 29.2 Å². The van der Waals surface area contributed by atoms with E-state index in [9.17, 15) is 4.79 Å². The fraction of sp³-hybridized carbons (Fsp3) is 0.448. The number of carbonyl (C=O) groups excluding carboxylic acids is 1.